The molecule has 2 amide bonds. The zero-order valence-corrected chi connectivity index (χ0v) is 13.7. The molecule has 1 unspecified atom stereocenters. The molecule has 2 heterocycles. The Balaban J connectivity index is 1.69. The molecular formula is C15H21N3O3S. The highest BCUT2D eigenvalue weighted by atomic mass is 32.2. The van der Waals surface area contributed by atoms with Crippen LogP contribution in [0.1, 0.15) is 12.5 Å². The van der Waals surface area contributed by atoms with E-state index in [9.17, 15) is 13.2 Å². The SMILES string of the molecule is CC1CN(C(=O)Nc2ccc3c(c2)N(C)CC3)CCS1(=O)=O. The lowest BCUT2D eigenvalue weighted by molar-refractivity contribution is 0.213. The van der Waals surface area contributed by atoms with Crippen molar-refractivity contribution in [2.24, 2.45) is 0 Å². The minimum Gasteiger partial charge on any atom is -0.374 e. The smallest absolute Gasteiger partial charge is 0.321 e. The summed E-state index contributed by atoms with van der Waals surface area (Å²) in [5, 5.41) is 2.37. The second-order valence-electron chi connectivity index (χ2n) is 6.07. The Morgan fingerprint density at radius 2 is 2.09 bits per heavy atom. The Labute approximate surface area is 131 Å². The van der Waals surface area contributed by atoms with Crippen LogP contribution in [-0.4, -0.2) is 57.0 Å². The number of amides is 2. The minimum absolute atomic E-state index is 0.0362. The van der Waals surface area contributed by atoms with Crippen LogP contribution in [0.15, 0.2) is 18.2 Å². The summed E-state index contributed by atoms with van der Waals surface area (Å²) in [5.74, 6) is 0.0362. The number of carbonyl (C=O) groups is 1. The third kappa shape index (κ3) is 2.77. The fourth-order valence-corrected chi connectivity index (χ4v) is 4.24. The van der Waals surface area contributed by atoms with Crippen LogP contribution < -0.4 is 10.2 Å². The quantitative estimate of drug-likeness (QED) is 0.846. The van der Waals surface area contributed by atoms with Crippen molar-refractivity contribution in [2.45, 2.75) is 18.6 Å². The lowest BCUT2D eigenvalue weighted by atomic mass is 10.1. The normalized spacial score (nSPS) is 23.3. The molecule has 120 valence electrons. The van der Waals surface area contributed by atoms with Crippen LogP contribution in [-0.2, 0) is 16.3 Å². The molecule has 1 fully saturated rings. The molecule has 0 radical (unpaired) electrons. The molecule has 2 aliphatic rings. The summed E-state index contributed by atoms with van der Waals surface area (Å²) in [4.78, 5) is 16.1. The summed E-state index contributed by atoms with van der Waals surface area (Å²) in [6.07, 6.45) is 1.03. The van der Waals surface area contributed by atoms with Crippen molar-refractivity contribution in [1.29, 1.82) is 0 Å². The number of fused-ring (bicyclic) bond motifs is 1. The first-order valence-corrected chi connectivity index (χ1v) is 9.20. The van der Waals surface area contributed by atoms with E-state index in [0.717, 1.165) is 24.3 Å². The fraction of sp³-hybridized carbons (Fsp3) is 0.533. The van der Waals surface area contributed by atoms with Crippen molar-refractivity contribution in [3.05, 3.63) is 23.8 Å². The Hall–Kier alpha value is -1.76. The summed E-state index contributed by atoms with van der Waals surface area (Å²) < 4.78 is 23.4. The summed E-state index contributed by atoms with van der Waals surface area (Å²) in [7, 11) is -1.01. The molecule has 22 heavy (non-hydrogen) atoms. The van der Waals surface area contributed by atoms with Crippen LogP contribution in [0.3, 0.4) is 0 Å². The van der Waals surface area contributed by atoms with E-state index < -0.39 is 15.1 Å². The van der Waals surface area contributed by atoms with E-state index in [1.54, 1.807) is 11.8 Å². The number of rotatable bonds is 1. The average molecular weight is 323 g/mol. The summed E-state index contributed by atoms with van der Waals surface area (Å²) >= 11 is 0. The highest BCUT2D eigenvalue weighted by Crippen LogP contribution is 2.29. The zero-order valence-electron chi connectivity index (χ0n) is 12.9. The van der Waals surface area contributed by atoms with Gasteiger partial charge in [0, 0.05) is 38.1 Å². The van der Waals surface area contributed by atoms with E-state index >= 15 is 0 Å². The highest BCUT2D eigenvalue weighted by Gasteiger charge is 2.31. The maximum Gasteiger partial charge on any atom is 0.321 e. The summed E-state index contributed by atoms with van der Waals surface area (Å²) in [5.41, 5.74) is 3.18. The molecule has 2 aliphatic heterocycles. The Morgan fingerprint density at radius 3 is 2.82 bits per heavy atom. The number of sulfone groups is 1. The van der Waals surface area contributed by atoms with E-state index in [1.807, 2.05) is 25.2 Å². The van der Waals surface area contributed by atoms with Crippen molar-refractivity contribution in [1.82, 2.24) is 4.90 Å². The number of nitrogens with one attached hydrogen (secondary N) is 1. The molecule has 7 heteroatoms. The molecule has 0 aliphatic carbocycles. The summed E-state index contributed by atoms with van der Waals surface area (Å²) in [6, 6.07) is 5.68. The van der Waals surface area contributed by atoms with Gasteiger partial charge >= 0.3 is 6.03 Å². The topological polar surface area (TPSA) is 69.7 Å². The van der Waals surface area contributed by atoms with Crippen molar-refractivity contribution in [3.8, 4) is 0 Å². The number of carbonyl (C=O) groups excluding carboxylic acids is 1. The molecule has 1 aromatic rings. The van der Waals surface area contributed by atoms with E-state index in [1.165, 1.54) is 5.56 Å². The predicted octanol–water partition coefficient (Wildman–Crippen LogP) is 1.33. The van der Waals surface area contributed by atoms with Gasteiger partial charge in [0.05, 0.1) is 11.0 Å². The minimum atomic E-state index is -3.04. The van der Waals surface area contributed by atoms with Gasteiger partial charge < -0.3 is 15.1 Å². The number of nitrogens with zero attached hydrogens (tertiary/aromatic N) is 2. The molecule has 6 nitrogen and oxygen atoms in total. The van der Waals surface area contributed by atoms with Gasteiger partial charge in [-0.1, -0.05) is 6.07 Å². The van der Waals surface area contributed by atoms with Crippen molar-refractivity contribution in [3.63, 3.8) is 0 Å². The van der Waals surface area contributed by atoms with E-state index in [0.29, 0.717) is 0 Å². The third-order valence-corrected chi connectivity index (χ3v) is 6.61. The molecule has 0 aromatic heterocycles. The van der Waals surface area contributed by atoms with Gasteiger partial charge in [-0.05, 0) is 31.0 Å². The van der Waals surface area contributed by atoms with Gasteiger partial charge in [-0.2, -0.15) is 0 Å². The number of urea groups is 1. The first-order chi connectivity index (χ1) is 10.4. The van der Waals surface area contributed by atoms with Gasteiger partial charge in [-0.15, -0.1) is 0 Å². The van der Waals surface area contributed by atoms with Crippen LogP contribution >= 0.6 is 0 Å². The third-order valence-electron chi connectivity index (χ3n) is 4.49. The fourth-order valence-electron chi connectivity index (χ4n) is 2.96. The monoisotopic (exact) mass is 323 g/mol. The van der Waals surface area contributed by atoms with Crippen LogP contribution in [0.4, 0.5) is 16.2 Å². The largest absolute Gasteiger partial charge is 0.374 e. The molecule has 1 saturated heterocycles. The maximum atomic E-state index is 12.3. The molecular weight excluding hydrogens is 302 g/mol. The van der Waals surface area contributed by atoms with Gasteiger partial charge in [0.1, 0.15) is 0 Å². The number of hydrogen-bond acceptors (Lipinski definition) is 4. The van der Waals surface area contributed by atoms with Gasteiger partial charge in [-0.3, -0.25) is 0 Å². The lowest BCUT2D eigenvalue weighted by Gasteiger charge is -2.31. The van der Waals surface area contributed by atoms with Crippen LogP contribution in [0.25, 0.3) is 0 Å². The van der Waals surface area contributed by atoms with Crippen LogP contribution in [0.2, 0.25) is 0 Å². The molecule has 0 saturated carbocycles. The van der Waals surface area contributed by atoms with Crippen molar-refractivity contribution >= 4 is 27.2 Å². The Kier molecular flexibility index (Phi) is 3.76. The average Bonchev–Trinajstić information content (AvgIpc) is 2.83. The van der Waals surface area contributed by atoms with Gasteiger partial charge in [-0.25, -0.2) is 13.2 Å². The van der Waals surface area contributed by atoms with E-state index in [4.69, 9.17) is 0 Å². The molecule has 3 rings (SSSR count). The highest BCUT2D eigenvalue weighted by molar-refractivity contribution is 7.92. The Morgan fingerprint density at radius 1 is 1.32 bits per heavy atom. The number of likely N-dealkylation sites (N-methyl/N-ethyl adjacent to an activating group) is 1. The standard InChI is InChI=1S/C15H21N3O3S/c1-11-10-18(7-8-22(11,20)21)15(19)16-13-4-3-12-5-6-17(2)14(12)9-13/h3-4,9,11H,5-8,10H2,1-2H3,(H,16,19). The van der Waals surface area contributed by atoms with Crippen LogP contribution in [0, 0.1) is 0 Å². The van der Waals surface area contributed by atoms with E-state index in [-0.39, 0.29) is 24.9 Å². The maximum absolute atomic E-state index is 12.3. The molecule has 0 spiro atoms. The first kappa shape index (κ1) is 15.1. The van der Waals surface area contributed by atoms with Crippen molar-refractivity contribution < 1.29 is 13.2 Å². The first-order valence-electron chi connectivity index (χ1n) is 7.48. The van der Waals surface area contributed by atoms with E-state index in [2.05, 4.69) is 10.2 Å². The second-order valence-corrected chi connectivity index (χ2v) is 8.61. The van der Waals surface area contributed by atoms with Gasteiger partial charge in [0.2, 0.25) is 0 Å². The Bertz CT molecular complexity index is 702. The van der Waals surface area contributed by atoms with Gasteiger partial charge in [0.15, 0.2) is 9.84 Å². The van der Waals surface area contributed by atoms with Gasteiger partial charge in [0.25, 0.3) is 0 Å². The zero-order chi connectivity index (χ0) is 15.9. The molecule has 1 atom stereocenters. The molecule has 1 aromatic carbocycles. The number of hydrogen-bond donors (Lipinski definition) is 1. The number of benzene rings is 1. The summed E-state index contributed by atoms with van der Waals surface area (Å²) in [6.45, 7) is 3.15. The molecule has 0 bridgehead atoms. The predicted molar refractivity (Wildman–Crippen MR) is 87.3 cm³/mol. The second kappa shape index (κ2) is 5.46. The lowest BCUT2D eigenvalue weighted by Crippen LogP contribution is -2.49. The molecule has 1 N–H and O–H groups in total. The van der Waals surface area contributed by atoms with Crippen LogP contribution in [0.5, 0.6) is 0 Å². The van der Waals surface area contributed by atoms with Crippen molar-refractivity contribution in [2.75, 3.05) is 42.7 Å². The number of anilines is 2.